The lowest BCUT2D eigenvalue weighted by Gasteiger charge is -2.26. The molecule has 17 heteroatoms. The van der Waals surface area contributed by atoms with E-state index in [0.29, 0.717) is 36.8 Å². The van der Waals surface area contributed by atoms with Crippen LogP contribution in [0.2, 0.25) is 0 Å². The summed E-state index contributed by atoms with van der Waals surface area (Å²) in [6, 6.07) is 3.09. The van der Waals surface area contributed by atoms with E-state index >= 15 is 0 Å². The van der Waals surface area contributed by atoms with Crippen LogP contribution in [0, 0.1) is 0 Å². The van der Waals surface area contributed by atoms with Gasteiger partial charge < -0.3 is 40.0 Å². The first-order valence-electron chi connectivity index (χ1n) is 12.2. The van der Waals surface area contributed by atoms with E-state index in [-0.39, 0.29) is 24.4 Å². The smallest absolute Gasteiger partial charge is 0.481 e. The number of hydrogen-bond acceptors (Lipinski definition) is 7. The number of carbonyl (C=O) groups excluding carboxylic acids is 3. The normalized spacial score (nSPS) is 13.5. The zero-order valence-electron chi connectivity index (χ0n) is 22.3. The molecule has 0 radical (unpaired) electrons. The van der Waals surface area contributed by atoms with Crippen LogP contribution in [0.3, 0.4) is 0 Å². The summed E-state index contributed by atoms with van der Waals surface area (Å²) in [7, 11) is 3.37. The topological polar surface area (TPSA) is 184 Å². The van der Waals surface area contributed by atoms with Gasteiger partial charge >= 0.3 is 18.1 Å². The molecule has 3 rings (SSSR count). The van der Waals surface area contributed by atoms with Crippen molar-refractivity contribution in [2.24, 2.45) is 14.1 Å². The fraction of sp³-hybridized carbons (Fsp3) is 0.458. The van der Waals surface area contributed by atoms with Crippen molar-refractivity contribution in [3.8, 4) is 0 Å². The molecule has 0 aromatic carbocycles. The number of aromatic nitrogens is 2. The highest BCUT2D eigenvalue weighted by Crippen LogP contribution is 2.18. The second kappa shape index (κ2) is 14.8. The fourth-order valence-corrected chi connectivity index (χ4v) is 3.60. The molecule has 3 amide bonds. The predicted octanol–water partition coefficient (Wildman–Crippen LogP) is 1.11. The Kier molecular flexibility index (Phi) is 11.9. The third-order valence-electron chi connectivity index (χ3n) is 5.64. The van der Waals surface area contributed by atoms with Gasteiger partial charge in [-0.25, -0.2) is 4.79 Å². The molecule has 3 heterocycles. The Hall–Kier alpha value is -4.38. The molecule has 2 aromatic heterocycles. The molecule has 0 unspecified atom stereocenters. The van der Waals surface area contributed by atoms with E-state index in [4.69, 9.17) is 19.7 Å². The number of carboxylic acids is 2. The van der Waals surface area contributed by atoms with Gasteiger partial charge in [0.1, 0.15) is 11.4 Å². The van der Waals surface area contributed by atoms with Crippen LogP contribution in [0.1, 0.15) is 33.8 Å². The highest BCUT2D eigenvalue weighted by Gasteiger charge is 2.38. The molecule has 0 atom stereocenters. The molecule has 2 aromatic rings. The highest BCUT2D eigenvalue weighted by molar-refractivity contribution is 6.05. The van der Waals surface area contributed by atoms with Crippen LogP contribution in [0.15, 0.2) is 24.5 Å². The number of carboxylic acid groups (broad SMARTS) is 2. The molecule has 1 aliphatic rings. The van der Waals surface area contributed by atoms with E-state index in [9.17, 15) is 32.3 Å². The summed E-state index contributed by atoms with van der Waals surface area (Å²) in [5, 5.41) is 24.0. The molecule has 0 spiro atoms. The number of alkyl halides is 3. The Balaban J connectivity index is 0.000000745. The van der Waals surface area contributed by atoms with Gasteiger partial charge in [0.05, 0.1) is 31.0 Å². The Morgan fingerprint density at radius 1 is 0.878 bits per heavy atom. The third-order valence-corrected chi connectivity index (χ3v) is 5.64. The van der Waals surface area contributed by atoms with Gasteiger partial charge in [-0.05, 0) is 12.1 Å². The van der Waals surface area contributed by atoms with Crippen LogP contribution < -0.4 is 16.0 Å². The number of nitrogens with zero attached hydrogens (tertiary/aromatic N) is 3. The number of ether oxygens (including phenoxy) is 1. The van der Waals surface area contributed by atoms with Crippen molar-refractivity contribution in [2.45, 2.75) is 19.0 Å². The van der Waals surface area contributed by atoms with E-state index in [1.807, 2.05) is 0 Å². The predicted molar refractivity (Wildman–Crippen MR) is 138 cm³/mol. The number of hydrogen-bond donors (Lipinski definition) is 5. The lowest BCUT2D eigenvalue weighted by molar-refractivity contribution is -0.192. The molecule has 0 saturated carbocycles. The summed E-state index contributed by atoms with van der Waals surface area (Å²) in [6.07, 6.45) is -2.31. The molecule has 1 fully saturated rings. The van der Waals surface area contributed by atoms with E-state index in [1.165, 1.54) is 6.07 Å². The van der Waals surface area contributed by atoms with E-state index < -0.39 is 29.9 Å². The van der Waals surface area contributed by atoms with E-state index in [2.05, 4.69) is 20.9 Å². The highest BCUT2D eigenvalue weighted by atomic mass is 19.4. The number of amides is 3. The molecule has 5 N–H and O–H groups in total. The van der Waals surface area contributed by atoms with Gasteiger partial charge in [-0.3, -0.25) is 24.1 Å². The summed E-state index contributed by atoms with van der Waals surface area (Å²) in [5.74, 6) is -4.92. The molecule has 226 valence electrons. The number of anilines is 2. The number of aliphatic carboxylic acids is 2. The minimum atomic E-state index is -5.08. The van der Waals surface area contributed by atoms with Crippen molar-refractivity contribution >= 4 is 41.0 Å². The largest absolute Gasteiger partial charge is 0.490 e. The maximum Gasteiger partial charge on any atom is 0.490 e. The van der Waals surface area contributed by atoms with Crippen LogP contribution in [0.25, 0.3) is 0 Å². The van der Waals surface area contributed by atoms with Crippen molar-refractivity contribution < 1.29 is 52.1 Å². The Morgan fingerprint density at radius 2 is 1.39 bits per heavy atom. The van der Waals surface area contributed by atoms with Crippen molar-refractivity contribution in [1.82, 2.24) is 19.4 Å². The van der Waals surface area contributed by atoms with Gasteiger partial charge in [0.25, 0.3) is 11.8 Å². The lowest BCUT2D eigenvalue weighted by Crippen LogP contribution is -2.41. The summed E-state index contributed by atoms with van der Waals surface area (Å²) in [5.41, 5.74) is 1.54. The molecule has 1 saturated heterocycles. The summed E-state index contributed by atoms with van der Waals surface area (Å²) in [6.45, 7) is 4.36. The molecular weight excluding hydrogens is 557 g/mol. The molecular formula is C24H31F3N6O8. The van der Waals surface area contributed by atoms with Crippen LogP contribution in [0.4, 0.5) is 24.5 Å². The summed E-state index contributed by atoms with van der Waals surface area (Å²) < 4.78 is 40.2. The lowest BCUT2D eigenvalue weighted by atomic mass is 10.3. The summed E-state index contributed by atoms with van der Waals surface area (Å²) >= 11 is 0. The van der Waals surface area contributed by atoms with Gasteiger partial charge in [-0.1, -0.05) is 0 Å². The number of nitrogens with one attached hydrogen (secondary N) is 3. The fourth-order valence-electron chi connectivity index (χ4n) is 3.60. The number of aryl methyl sites for hydroxylation is 2. The van der Waals surface area contributed by atoms with Crippen LogP contribution >= 0.6 is 0 Å². The molecule has 0 bridgehead atoms. The minimum Gasteiger partial charge on any atom is -0.481 e. The monoisotopic (exact) mass is 588 g/mol. The SMILES string of the molecule is Cn1cc(NC(=O)c2cc(NC(=O)CCC(=O)O)cn2C)cc1C(=O)NCCN1CCOCC1.O=C(O)C(F)(F)F. The zero-order valence-corrected chi connectivity index (χ0v) is 22.3. The van der Waals surface area contributed by atoms with Crippen LogP contribution in [-0.4, -0.2) is 99.5 Å². The molecule has 0 aliphatic carbocycles. The Morgan fingerprint density at radius 3 is 1.90 bits per heavy atom. The maximum atomic E-state index is 12.7. The van der Waals surface area contributed by atoms with Crippen LogP contribution in [0.5, 0.6) is 0 Å². The zero-order chi connectivity index (χ0) is 30.7. The number of morpholine rings is 1. The molecule has 41 heavy (non-hydrogen) atoms. The van der Waals surface area contributed by atoms with Gasteiger partial charge in [0.15, 0.2) is 0 Å². The van der Waals surface area contributed by atoms with Crippen molar-refractivity contribution in [2.75, 3.05) is 50.0 Å². The Bertz CT molecular complexity index is 1250. The van der Waals surface area contributed by atoms with E-state index in [0.717, 1.165) is 19.6 Å². The van der Waals surface area contributed by atoms with Crippen molar-refractivity contribution in [1.29, 1.82) is 0 Å². The quantitative estimate of drug-likeness (QED) is 0.271. The standard InChI is InChI=1S/C22H30N6O6.C2HF3O2/c1-26-14-16(12-17(26)21(32)23-5-6-28-7-9-34-10-8-28)25-22(33)18-11-15(13-27(18)2)24-19(29)3-4-20(30)31;3-2(4,5)1(6)7/h11-14H,3-10H2,1-2H3,(H,23,32)(H,24,29)(H,25,33)(H,30,31);(H,6,7). The van der Waals surface area contributed by atoms with Gasteiger partial charge in [0, 0.05) is 59.1 Å². The van der Waals surface area contributed by atoms with Gasteiger partial charge in [-0.15, -0.1) is 0 Å². The second-order valence-corrected chi connectivity index (χ2v) is 8.86. The summed E-state index contributed by atoms with van der Waals surface area (Å²) in [4.78, 5) is 58.8. The number of rotatable bonds is 10. The Labute approximate surface area is 232 Å². The van der Waals surface area contributed by atoms with Gasteiger partial charge in [-0.2, -0.15) is 13.2 Å². The average Bonchev–Trinajstić information content (AvgIpc) is 3.44. The molecule has 1 aliphatic heterocycles. The van der Waals surface area contributed by atoms with Crippen LogP contribution in [-0.2, 0) is 33.2 Å². The number of halogens is 3. The first-order chi connectivity index (χ1) is 19.2. The minimum absolute atomic E-state index is 0.160. The number of carbonyl (C=O) groups is 5. The third kappa shape index (κ3) is 11.0. The first-order valence-corrected chi connectivity index (χ1v) is 12.2. The first kappa shape index (κ1) is 32.8. The van der Waals surface area contributed by atoms with Gasteiger partial charge in [0.2, 0.25) is 5.91 Å². The van der Waals surface area contributed by atoms with Crippen molar-refractivity contribution in [3.63, 3.8) is 0 Å². The van der Waals surface area contributed by atoms with E-state index in [1.54, 1.807) is 41.7 Å². The maximum absolute atomic E-state index is 12.7. The average molecular weight is 589 g/mol. The molecule has 14 nitrogen and oxygen atoms in total. The van der Waals surface area contributed by atoms with Crippen molar-refractivity contribution in [3.05, 3.63) is 35.9 Å². The second-order valence-electron chi connectivity index (χ2n) is 8.86.